The summed E-state index contributed by atoms with van der Waals surface area (Å²) in [5.41, 5.74) is 8.95. The standard InChI is InChI=1S/C15H17NOS/c1-2-3-13-10-14(16)4-5-15(13)17-8-6-12-7-9-18-11-12/h2,4-5,7,9-11H,1,3,6,8,16H2. The lowest BCUT2D eigenvalue weighted by Crippen LogP contribution is -2.03. The Bertz CT molecular complexity index is 505. The minimum Gasteiger partial charge on any atom is -0.493 e. The van der Waals surface area contributed by atoms with Crippen LogP contribution in [0.4, 0.5) is 5.69 Å². The van der Waals surface area contributed by atoms with Crippen LogP contribution in [0.3, 0.4) is 0 Å². The molecule has 0 amide bonds. The SMILES string of the molecule is C=CCc1cc(N)ccc1OCCc1ccsc1. The number of ether oxygens (including phenoxy) is 1. The second-order valence-corrected chi connectivity index (χ2v) is 4.87. The lowest BCUT2D eigenvalue weighted by molar-refractivity contribution is 0.319. The van der Waals surface area contributed by atoms with E-state index in [-0.39, 0.29) is 0 Å². The molecule has 2 aromatic rings. The van der Waals surface area contributed by atoms with Crippen molar-refractivity contribution >= 4 is 17.0 Å². The van der Waals surface area contributed by atoms with Gasteiger partial charge in [-0.25, -0.2) is 0 Å². The van der Waals surface area contributed by atoms with Gasteiger partial charge in [0.1, 0.15) is 5.75 Å². The van der Waals surface area contributed by atoms with Crippen molar-refractivity contribution in [3.63, 3.8) is 0 Å². The second-order valence-electron chi connectivity index (χ2n) is 4.09. The number of allylic oxidation sites excluding steroid dienone is 1. The Kier molecular flexibility index (Phi) is 4.42. The van der Waals surface area contributed by atoms with Gasteiger partial charge in [-0.05, 0) is 52.6 Å². The molecule has 2 rings (SSSR count). The number of anilines is 1. The lowest BCUT2D eigenvalue weighted by Gasteiger charge is -2.10. The van der Waals surface area contributed by atoms with Crippen LogP contribution in [-0.4, -0.2) is 6.61 Å². The molecule has 0 aliphatic carbocycles. The van der Waals surface area contributed by atoms with Crippen molar-refractivity contribution in [2.45, 2.75) is 12.8 Å². The molecule has 1 aromatic heterocycles. The number of hydrogen-bond donors (Lipinski definition) is 1. The third kappa shape index (κ3) is 3.37. The van der Waals surface area contributed by atoms with Crippen LogP contribution in [0.1, 0.15) is 11.1 Å². The van der Waals surface area contributed by atoms with E-state index in [1.54, 1.807) is 11.3 Å². The molecule has 1 heterocycles. The third-order valence-electron chi connectivity index (χ3n) is 2.68. The largest absolute Gasteiger partial charge is 0.493 e. The number of benzene rings is 1. The van der Waals surface area contributed by atoms with Crippen LogP contribution in [0.25, 0.3) is 0 Å². The van der Waals surface area contributed by atoms with Crippen molar-refractivity contribution in [2.24, 2.45) is 0 Å². The van der Waals surface area contributed by atoms with Crippen LogP contribution in [0.2, 0.25) is 0 Å². The molecule has 0 aliphatic heterocycles. The number of rotatable bonds is 6. The van der Waals surface area contributed by atoms with Gasteiger partial charge >= 0.3 is 0 Å². The molecule has 0 radical (unpaired) electrons. The summed E-state index contributed by atoms with van der Waals surface area (Å²) in [6.07, 6.45) is 3.57. The van der Waals surface area contributed by atoms with Crippen molar-refractivity contribution in [2.75, 3.05) is 12.3 Å². The second kappa shape index (κ2) is 6.26. The van der Waals surface area contributed by atoms with E-state index in [1.807, 2.05) is 24.3 Å². The molecule has 2 N–H and O–H groups in total. The molecule has 0 unspecified atom stereocenters. The van der Waals surface area contributed by atoms with Crippen LogP contribution in [0, 0.1) is 0 Å². The number of hydrogen-bond acceptors (Lipinski definition) is 3. The smallest absolute Gasteiger partial charge is 0.122 e. The number of nitrogen functional groups attached to an aromatic ring is 1. The summed E-state index contributed by atoms with van der Waals surface area (Å²) in [6.45, 7) is 4.44. The minimum atomic E-state index is 0.685. The summed E-state index contributed by atoms with van der Waals surface area (Å²) >= 11 is 1.71. The van der Waals surface area contributed by atoms with E-state index in [0.717, 1.165) is 29.8 Å². The first-order valence-electron chi connectivity index (χ1n) is 5.93. The van der Waals surface area contributed by atoms with Crippen LogP contribution in [0.15, 0.2) is 47.7 Å². The van der Waals surface area contributed by atoms with Crippen molar-refractivity contribution in [1.29, 1.82) is 0 Å². The minimum absolute atomic E-state index is 0.685. The Balaban J connectivity index is 1.97. The first kappa shape index (κ1) is 12.7. The molecule has 0 saturated carbocycles. The van der Waals surface area contributed by atoms with Crippen LogP contribution < -0.4 is 10.5 Å². The van der Waals surface area contributed by atoms with E-state index in [2.05, 4.69) is 23.4 Å². The van der Waals surface area contributed by atoms with E-state index >= 15 is 0 Å². The van der Waals surface area contributed by atoms with E-state index in [1.165, 1.54) is 5.56 Å². The molecule has 0 spiro atoms. The van der Waals surface area contributed by atoms with Gasteiger partial charge < -0.3 is 10.5 Å². The predicted molar refractivity (Wildman–Crippen MR) is 78.3 cm³/mol. The van der Waals surface area contributed by atoms with Gasteiger partial charge in [-0.15, -0.1) is 6.58 Å². The Labute approximate surface area is 112 Å². The molecule has 1 aromatic carbocycles. The van der Waals surface area contributed by atoms with Gasteiger partial charge in [0.15, 0.2) is 0 Å². The summed E-state index contributed by atoms with van der Waals surface area (Å²) in [4.78, 5) is 0. The fourth-order valence-corrected chi connectivity index (χ4v) is 2.47. The third-order valence-corrected chi connectivity index (χ3v) is 3.41. The van der Waals surface area contributed by atoms with Gasteiger partial charge in [0, 0.05) is 12.1 Å². The quantitative estimate of drug-likeness (QED) is 0.634. The van der Waals surface area contributed by atoms with E-state index in [0.29, 0.717) is 6.61 Å². The predicted octanol–water partition coefficient (Wildman–Crippen LogP) is 3.68. The van der Waals surface area contributed by atoms with Gasteiger partial charge in [-0.2, -0.15) is 11.3 Å². The highest BCUT2D eigenvalue weighted by Crippen LogP contribution is 2.22. The van der Waals surface area contributed by atoms with Crippen molar-refractivity contribution in [1.82, 2.24) is 0 Å². The van der Waals surface area contributed by atoms with E-state index in [9.17, 15) is 0 Å². The fraction of sp³-hybridized carbons (Fsp3) is 0.200. The van der Waals surface area contributed by atoms with Crippen LogP contribution in [-0.2, 0) is 12.8 Å². The molecule has 0 saturated heterocycles. The van der Waals surface area contributed by atoms with Crippen molar-refractivity contribution in [3.8, 4) is 5.75 Å². The Hall–Kier alpha value is -1.74. The Morgan fingerprint density at radius 2 is 2.22 bits per heavy atom. The van der Waals surface area contributed by atoms with Gasteiger partial charge in [0.05, 0.1) is 6.61 Å². The van der Waals surface area contributed by atoms with Crippen LogP contribution >= 0.6 is 11.3 Å². The normalized spacial score (nSPS) is 10.2. The summed E-state index contributed by atoms with van der Waals surface area (Å²) < 4.78 is 5.82. The Morgan fingerprint density at radius 3 is 2.94 bits per heavy atom. The Morgan fingerprint density at radius 1 is 1.33 bits per heavy atom. The van der Waals surface area contributed by atoms with Gasteiger partial charge in [-0.1, -0.05) is 6.08 Å². The maximum atomic E-state index is 5.82. The highest BCUT2D eigenvalue weighted by molar-refractivity contribution is 7.07. The number of thiophene rings is 1. The first-order valence-corrected chi connectivity index (χ1v) is 6.87. The molecular weight excluding hydrogens is 242 g/mol. The highest BCUT2D eigenvalue weighted by Gasteiger charge is 2.03. The van der Waals surface area contributed by atoms with Crippen LogP contribution in [0.5, 0.6) is 5.75 Å². The summed E-state index contributed by atoms with van der Waals surface area (Å²) in [6, 6.07) is 7.87. The molecule has 0 aliphatic rings. The van der Waals surface area contributed by atoms with Gasteiger partial charge in [0.25, 0.3) is 0 Å². The molecule has 2 nitrogen and oxygen atoms in total. The zero-order chi connectivity index (χ0) is 12.8. The molecule has 94 valence electrons. The first-order chi connectivity index (χ1) is 8.79. The molecule has 18 heavy (non-hydrogen) atoms. The zero-order valence-corrected chi connectivity index (χ0v) is 11.1. The molecule has 3 heteroatoms. The average molecular weight is 259 g/mol. The maximum Gasteiger partial charge on any atom is 0.122 e. The van der Waals surface area contributed by atoms with E-state index in [4.69, 9.17) is 10.5 Å². The summed E-state index contributed by atoms with van der Waals surface area (Å²) in [5.74, 6) is 0.902. The maximum absolute atomic E-state index is 5.82. The van der Waals surface area contributed by atoms with Crippen molar-refractivity contribution < 1.29 is 4.74 Å². The topological polar surface area (TPSA) is 35.2 Å². The van der Waals surface area contributed by atoms with Gasteiger partial charge in [-0.3, -0.25) is 0 Å². The van der Waals surface area contributed by atoms with Gasteiger partial charge in [0.2, 0.25) is 0 Å². The monoisotopic (exact) mass is 259 g/mol. The van der Waals surface area contributed by atoms with Crippen molar-refractivity contribution in [3.05, 3.63) is 58.8 Å². The summed E-state index contributed by atoms with van der Waals surface area (Å²) in [5, 5.41) is 4.23. The molecular formula is C15H17NOS. The number of nitrogens with two attached hydrogens (primary N) is 1. The lowest BCUT2D eigenvalue weighted by atomic mass is 10.1. The van der Waals surface area contributed by atoms with E-state index < -0.39 is 0 Å². The zero-order valence-electron chi connectivity index (χ0n) is 10.3. The highest BCUT2D eigenvalue weighted by atomic mass is 32.1. The molecule has 0 atom stereocenters. The molecule has 0 bridgehead atoms. The average Bonchev–Trinajstić information content (AvgIpc) is 2.85. The molecule has 0 fully saturated rings. The summed E-state index contributed by atoms with van der Waals surface area (Å²) in [7, 11) is 0. The fourth-order valence-electron chi connectivity index (χ4n) is 1.77.